The molecular formula is C18H21N3OS. The molecule has 0 radical (unpaired) electrons. The van der Waals surface area contributed by atoms with Crippen LogP contribution in [0.5, 0.6) is 0 Å². The lowest BCUT2D eigenvalue weighted by atomic mass is 10.1. The van der Waals surface area contributed by atoms with Gasteiger partial charge in [-0.15, -0.1) is 11.3 Å². The fourth-order valence-corrected chi connectivity index (χ4v) is 3.54. The van der Waals surface area contributed by atoms with Crippen LogP contribution in [0.2, 0.25) is 0 Å². The number of para-hydroxylation sites is 1. The second kappa shape index (κ2) is 6.98. The molecule has 23 heavy (non-hydrogen) atoms. The van der Waals surface area contributed by atoms with Crippen LogP contribution in [0.4, 0.5) is 0 Å². The third-order valence-corrected chi connectivity index (χ3v) is 5.18. The molecule has 0 saturated carbocycles. The fourth-order valence-electron chi connectivity index (χ4n) is 2.64. The van der Waals surface area contributed by atoms with E-state index in [1.165, 1.54) is 4.88 Å². The number of carbonyl (C=O) groups excluding carboxylic acids is 1. The van der Waals surface area contributed by atoms with E-state index in [0.29, 0.717) is 13.0 Å². The van der Waals surface area contributed by atoms with E-state index < -0.39 is 6.04 Å². The molecule has 3 aromatic rings. The SMILES string of the molecule is CCc1ccc(CNC(=O)[C@@H](N)Cc2c[nH]c3ccccc23)s1. The molecule has 1 amide bonds. The Labute approximate surface area is 139 Å². The van der Waals surface area contributed by atoms with Gasteiger partial charge in [0.05, 0.1) is 12.6 Å². The van der Waals surface area contributed by atoms with Crippen molar-refractivity contribution in [1.29, 1.82) is 0 Å². The molecule has 0 fully saturated rings. The van der Waals surface area contributed by atoms with Crippen molar-refractivity contribution in [3.8, 4) is 0 Å². The number of fused-ring (bicyclic) bond motifs is 1. The van der Waals surface area contributed by atoms with Gasteiger partial charge in [0, 0.05) is 26.9 Å². The highest BCUT2D eigenvalue weighted by atomic mass is 32.1. The average molecular weight is 327 g/mol. The second-order valence-corrected chi connectivity index (χ2v) is 6.86. The monoisotopic (exact) mass is 327 g/mol. The van der Waals surface area contributed by atoms with E-state index >= 15 is 0 Å². The lowest BCUT2D eigenvalue weighted by Gasteiger charge is -2.11. The number of aromatic amines is 1. The Kier molecular flexibility index (Phi) is 4.79. The molecule has 0 aliphatic rings. The van der Waals surface area contributed by atoms with Crippen LogP contribution in [0, 0.1) is 0 Å². The number of hydrogen-bond donors (Lipinski definition) is 3. The van der Waals surface area contributed by atoms with Gasteiger partial charge in [-0.2, -0.15) is 0 Å². The highest BCUT2D eigenvalue weighted by Gasteiger charge is 2.16. The maximum Gasteiger partial charge on any atom is 0.237 e. The summed E-state index contributed by atoms with van der Waals surface area (Å²) in [4.78, 5) is 17.9. The molecule has 120 valence electrons. The summed E-state index contributed by atoms with van der Waals surface area (Å²) in [6.07, 6.45) is 3.49. The minimum absolute atomic E-state index is 0.110. The minimum Gasteiger partial charge on any atom is -0.361 e. The zero-order valence-corrected chi connectivity index (χ0v) is 14.0. The number of nitrogens with two attached hydrogens (primary N) is 1. The van der Waals surface area contributed by atoms with Crippen LogP contribution in [0.1, 0.15) is 22.2 Å². The van der Waals surface area contributed by atoms with Crippen molar-refractivity contribution in [3.63, 3.8) is 0 Å². The molecule has 1 aromatic carbocycles. The fraction of sp³-hybridized carbons (Fsp3) is 0.278. The maximum atomic E-state index is 12.2. The van der Waals surface area contributed by atoms with Crippen LogP contribution in [0.15, 0.2) is 42.6 Å². The van der Waals surface area contributed by atoms with Crippen LogP contribution < -0.4 is 11.1 Å². The molecular weight excluding hydrogens is 306 g/mol. The Bertz CT molecular complexity index is 805. The van der Waals surface area contributed by atoms with Crippen LogP contribution in [-0.2, 0) is 24.2 Å². The quantitative estimate of drug-likeness (QED) is 0.651. The lowest BCUT2D eigenvalue weighted by molar-refractivity contribution is -0.122. The number of rotatable bonds is 6. The number of carbonyl (C=O) groups is 1. The summed E-state index contributed by atoms with van der Waals surface area (Å²) >= 11 is 1.73. The Morgan fingerprint density at radius 1 is 1.26 bits per heavy atom. The molecule has 4 nitrogen and oxygen atoms in total. The number of benzene rings is 1. The van der Waals surface area contributed by atoms with E-state index in [0.717, 1.165) is 27.8 Å². The van der Waals surface area contributed by atoms with Gasteiger partial charge in [0.2, 0.25) is 5.91 Å². The Morgan fingerprint density at radius 2 is 2.04 bits per heavy atom. The molecule has 1 atom stereocenters. The first-order valence-electron chi connectivity index (χ1n) is 7.83. The minimum atomic E-state index is -0.542. The summed E-state index contributed by atoms with van der Waals surface area (Å²) in [7, 11) is 0. The van der Waals surface area contributed by atoms with Gasteiger partial charge in [0.1, 0.15) is 0 Å². The van der Waals surface area contributed by atoms with E-state index in [2.05, 4.69) is 29.4 Å². The van der Waals surface area contributed by atoms with Crippen molar-refractivity contribution < 1.29 is 4.79 Å². The topological polar surface area (TPSA) is 70.9 Å². The van der Waals surface area contributed by atoms with E-state index in [-0.39, 0.29) is 5.91 Å². The maximum absolute atomic E-state index is 12.2. The van der Waals surface area contributed by atoms with Crippen molar-refractivity contribution in [2.24, 2.45) is 5.73 Å². The zero-order valence-electron chi connectivity index (χ0n) is 13.1. The predicted octanol–water partition coefficient (Wildman–Crippen LogP) is 2.98. The second-order valence-electron chi connectivity index (χ2n) is 5.61. The molecule has 0 aliphatic carbocycles. The molecule has 2 heterocycles. The van der Waals surface area contributed by atoms with Crippen LogP contribution in [-0.4, -0.2) is 16.9 Å². The Hall–Kier alpha value is -2.11. The Balaban J connectivity index is 1.59. The number of aryl methyl sites for hydroxylation is 1. The van der Waals surface area contributed by atoms with Crippen molar-refractivity contribution >= 4 is 28.1 Å². The zero-order chi connectivity index (χ0) is 16.2. The molecule has 0 aliphatic heterocycles. The predicted molar refractivity (Wildman–Crippen MR) is 95.5 cm³/mol. The van der Waals surface area contributed by atoms with Crippen molar-refractivity contribution in [2.45, 2.75) is 32.4 Å². The Morgan fingerprint density at radius 3 is 2.83 bits per heavy atom. The number of nitrogens with one attached hydrogen (secondary N) is 2. The summed E-state index contributed by atoms with van der Waals surface area (Å²) in [6, 6.07) is 11.7. The summed E-state index contributed by atoms with van der Waals surface area (Å²) in [6.45, 7) is 2.68. The van der Waals surface area contributed by atoms with Gasteiger partial charge >= 0.3 is 0 Å². The molecule has 4 N–H and O–H groups in total. The largest absolute Gasteiger partial charge is 0.361 e. The summed E-state index contributed by atoms with van der Waals surface area (Å²) < 4.78 is 0. The number of H-pyrrole nitrogens is 1. The van der Waals surface area contributed by atoms with Gasteiger partial charge in [-0.05, 0) is 36.6 Å². The highest BCUT2D eigenvalue weighted by molar-refractivity contribution is 7.11. The standard InChI is InChI=1S/C18H21N3OS/c1-2-13-7-8-14(23-13)11-21-18(22)16(19)9-12-10-20-17-6-4-3-5-15(12)17/h3-8,10,16,20H,2,9,11,19H2,1H3,(H,21,22)/t16-/m0/s1. The van der Waals surface area contributed by atoms with Gasteiger partial charge < -0.3 is 16.0 Å². The summed E-state index contributed by atoms with van der Waals surface area (Å²) in [5, 5.41) is 4.06. The van der Waals surface area contributed by atoms with Gasteiger partial charge in [-0.1, -0.05) is 25.1 Å². The molecule has 0 spiro atoms. The van der Waals surface area contributed by atoms with E-state index in [4.69, 9.17) is 5.73 Å². The highest BCUT2D eigenvalue weighted by Crippen LogP contribution is 2.19. The van der Waals surface area contributed by atoms with Crippen LogP contribution in [0.25, 0.3) is 10.9 Å². The first-order chi connectivity index (χ1) is 11.2. The number of aromatic nitrogens is 1. The first-order valence-corrected chi connectivity index (χ1v) is 8.65. The van der Waals surface area contributed by atoms with Crippen molar-refractivity contribution in [2.75, 3.05) is 0 Å². The van der Waals surface area contributed by atoms with Crippen LogP contribution in [0.3, 0.4) is 0 Å². The van der Waals surface area contributed by atoms with Crippen molar-refractivity contribution in [3.05, 3.63) is 57.9 Å². The van der Waals surface area contributed by atoms with Gasteiger partial charge in [0.25, 0.3) is 0 Å². The van der Waals surface area contributed by atoms with Gasteiger partial charge in [-0.3, -0.25) is 4.79 Å². The summed E-state index contributed by atoms with van der Waals surface area (Å²) in [5.74, 6) is -0.110. The van der Waals surface area contributed by atoms with E-state index in [1.54, 1.807) is 11.3 Å². The number of hydrogen-bond acceptors (Lipinski definition) is 3. The smallest absolute Gasteiger partial charge is 0.237 e. The molecule has 3 rings (SSSR count). The molecule has 0 unspecified atom stereocenters. The summed E-state index contributed by atoms with van der Waals surface area (Å²) in [5.41, 5.74) is 8.22. The first kappa shape index (κ1) is 15.8. The normalized spacial score (nSPS) is 12.4. The average Bonchev–Trinajstić information content (AvgIpc) is 3.20. The van der Waals surface area contributed by atoms with E-state index in [9.17, 15) is 4.79 Å². The third kappa shape index (κ3) is 3.63. The third-order valence-electron chi connectivity index (χ3n) is 3.95. The number of thiophene rings is 1. The lowest BCUT2D eigenvalue weighted by Crippen LogP contribution is -2.41. The molecule has 2 aromatic heterocycles. The molecule has 0 bridgehead atoms. The number of amides is 1. The van der Waals surface area contributed by atoms with Crippen molar-refractivity contribution in [1.82, 2.24) is 10.3 Å². The van der Waals surface area contributed by atoms with E-state index in [1.807, 2.05) is 30.5 Å². The van der Waals surface area contributed by atoms with Crippen LogP contribution >= 0.6 is 11.3 Å². The molecule has 5 heteroatoms. The van der Waals surface area contributed by atoms with Gasteiger partial charge in [0.15, 0.2) is 0 Å². The molecule has 0 saturated heterocycles. The van der Waals surface area contributed by atoms with Gasteiger partial charge in [-0.25, -0.2) is 0 Å².